The second kappa shape index (κ2) is 11.3. The van der Waals surface area contributed by atoms with Crippen LogP contribution in [0.1, 0.15) is 71.5 Å². The van der Waals surface area contributed by atoms with E-state index in [-0.39, 0.29) is 23.0 Å². The smallest absolute Gasteiger partial charge is 0.160 e. The Kier molecular flexibility index (Phi) is 7.31. The van der Waals surface area contributed by atoms with E-state index in [2.05, 4.69) is 0 Å². The Morgan fingerprint density at radius 1 is 0.600 bits per heavy atom. The molecule has 50 heavy (non-hydrogen) atoms. The van der Waals surface area contributed by atoms with Gasteiger partial charge in [0.2, 0.25) is 0 Å². The van der Waals surface area contributed by atoms with Crippen LogP contribution in [-0.2, 0) is 14.2 Å². The van der Waals surface area contributed by atoms with Gasteiger partial charge in [0.05, 0.1) is 27.4 Å². The topological polar surface area (TPSA) is 140 Å². The highest BCUT2D eigenvalue weighted by molar-refractivity contribution is 5.52. The van der Waals surface area contributed by atoms with Gasteiger partial charge >= 0.3 is 0 Å². The summed E-state index contributed by atoms with van der Waals surface area (Å²) in [6.45, 7) is 6.56. The van der Waals surface area contributed by atoms with Crippen LogP contribution in [0.3, 0.4) is 0 Å². The number of benzene rings is 4. The Bertz CT molecular complexity index is 2030. The van der Waals surface area contributed by atoms with Gasteiger partial charge in [0.1, 0.15) is 35.3 Å². The minimum atomic E-state index is -0.829. The summed E-state index contributed by atoms with van der Waals surface area (Å²) in [4.78, 5) is 0. The quantitative estimate of drug-likeness (QED) is 0.115. The molecular weight excluding hydrogens is 640 g/mol. The predicted octanol–water partition coefficient (Wildman–Crippen LogP) is 7.40. The molecule has 0 aromatic heterocycles. The SMILES string of the molecule is C=C1[C@@H](c2ccc(O)c(OC)c2)O[C@@H](c2ccc(OC)c(O)c2)[C@]12CC[C@@]13O[C@]1(C2)[C@@H](c1ccc(O)c(OC)c1)O[C@H]3c1ccc(O)c(C)c1. The summed E-state index contributed by atoms with van der Waals surface area (Å²) >= 11 is 0. The Morgan fingerprint density at radius 2 is 1.16 bits per heavy atom. The molecule has 1 spiro atoms. The Hall–Kier alpha value is -4.90. The van der Waals surface area contributed by atoms with Gasteiger partial charge in [-0.05, 0) is 108 Å². The molecule has 3 aliphatic heterocycles. The molecule has 4 aliphatic rings. The summed E-state index contributed by atoms with van der Waals surface area (Å²) in [5.74, 6) is 1.23. The molecule has 4 N–H and O–H groups in total. The summed E-state index contributed by atoms with van der Waals surface area (Å²) < 4.78 is 37.4. The zero-order valence-electron chi connectivity index (χ0n) is 28.3. The fourth-order valence-electron chi connectivity index (χ4n) is 8.92. The summed E-state index contributed by atoms with van der Waals surface area (Å²) in [6, 6.07) is 21.2. The second-order valence-corrected chi connectivity index (χ2v) is 13.9. The van der Waals surface area contributed by atoms with Gasteiger partial charge in [-0.3, -0.25) is 0 Å². The predicted molar refractivity (Wildman–Crippen MR) is 182 cm³/mol. The molecule has 1 aliphatic carbocycles. The first-order chi connectivity index (χ1) is 24.0. The zero-order chi connectivity index (χ0) is 35.2. The lowest BCUT2D eigenvalue weighted by Crippen LogP contribution is -2.43. The van der Waals surface area contributed by atoms with Crippen LogP contribution in [0.5, 0.6) is 40.2 Å². The molecule has 10 nitrogen and oxygen atoms in total. The maximum absolute atomic E-state index is 10.9. The van der Waals surface area contributed by atoms with Crippen molar-refractivity contribution in [3.8, 4) is 40.2 Å². The highest BCUT2D eigenvalue weighted by Gasteiger charge is 2.86. The standard InChI is InChI=1S/C40H40O10/c1-21-16-24(7-10-27(21)41)36-39-15-14-38(20-40(39,50-39)37(49-36)26-8-12-29(43)33(19-26)47-5)22(2)34(23-6-11-28(42)32(18-23)46-4)48-35(38)25-9-13-31(45-3)30(44)17-25/h6-13,16-19,34-37,41-44H,2,14-15,20H2,1,3-5H3/t34-,35-,36-,37+,38-,39-,40+/m0/s1. The average molecular weight is 681 g/mol. The third-order valence-corrected chi connectivity index (χ3v) is 11.5. The van der Waals surface area contributed by atoms with Gasteiger partial charge in [-0.1, -0.05) is 30.8 Å². The summed E-state index contributed by atoms with van der Waals surface area (Å²) in [7, 11) is 4.52. The molecule has 8 rings (SSSR count). The van der Waals surface area contributed by atoms with E-state index < -0.39 is 41.0 Å². The highest BCUT2D eigenvalue weighted by Crippen LogP contribution is 2.80. The number of phenols is 4. The number of ether oxygens (including phenoxy) is 6. The summed E-state index contributed by atoms with van der Waals surface area (Å²) in [5.41, 5.74) is 2.60. The maximum Gasteiger partial charge on any atom is 0.160 e. The molecule has 0 amide bonds. The van der Waals surface area contributed by atoms with Crippen LogP contribution in [-0.4, -0.2) is 53.0 Å². The van der Waals surface area contributed by atoms with E-state index in [4.69, 9.17) is 35.0 Å². The first-order valence-electron chi connectivity index (χ1n) is 16.6. The van der Waals surface area contributed by atoms with Gasteiger partial charge in [0.15, 0.2) is 34.5 Å². The van der Waals surface area contributed by atoms with Crippen LogP contribution in [0.2, 0.25) is 0 Å². The van der Waals surface area contributed by atoms with Crippen molar-refractivity contribution in [1.82, 2.24) is 0 Å². The van der Waals surface area contributed by atoms with E-state index in [9.17, 15) is 20.4 Å². The lowest BCUT2D eigenvalue weighted by Gasteiger charge is -2.42. The largest absolute Gasteiger partial charge is 0.508 e. The van der Waals surface area contributed by atoms with E-state index in [1.165, 1.54) is 21.3 Å². The van der Waals surface area contributed by atoms with Crippen molar-refractivity contribution in [1.29, 1.82) is 0 Å². The van der Waals surface area contributed by atoms with Gasteiger partial charge in [-0.2, -0.15) is 0 Å². The van der Waals surface area contributed by atoms with E-state index >= 15 is 0 Å². The number of rotatable bonds is 7. The minimum absolute atomic E-state index is 0.00358. The van der Waals surface area contributed by atoms with Crippen molar-refractivity contribution in [3.05, 3.63) is 113 Å². The molecule has 0 unspecified atom stereocenters. The van der Waals surface area contributed by atoms with Crippen LogP contribution in [0.4, 0.5) is 0 Å². The number of hydrogen-bond donors (Lipinski definition) is 4. The van der Waals surface area contributed by atoms with Crippen molar-refractivity contribution in [2.45, 2.75) is 61.8 Å². The van der Waals surface area contributed by atoms with Crippen LogP contribution in [0.25, 0.3) is 0 Å². The number of hydrogen-bond acceptors (Lipinski definition) is 10. The number of methoxy groups -OCH3 is 3. The van der Waals surface area contributed by atoms with Crippen molar-refractivity contribution in [2.75, 3.05) is 21.3 Å². The first kappa shape index (κ1) is 32.3. The van der Waals surface area contributed by atoms with Crippen molar-refractivity contribution in [2.24, 2.45) is 5.41 Å². The van der Waals surface area contributed by atoms with Crippen molar-refractivity contribution in [3.63, 3.8) is 0 Å². The van der Waals surface area contributed by atoms with Gasteiger partial charge in [-0.25, -0.2) is 0 Å². The van der Waals surface area contributed by atoms with Crippen LogP contribution in [0, 0.1) is 12.3 Å². The molecule has 3 saturated heterocycles. The molecule has 0 radical (unpaired) electrons. The fourth-order valence-corrected chi connectivity index (χ4v) is 8.92. The summed E-state index contributed by atoms with van der Waals surface area (Å²) in [5, 5.41) is 42.1. The van der Waals surface area contributed by atoms with Gasteiger partial charge < -0.3 is 48.8 Å². The average Bonchev–Trinajstić information content (AvgIpc) is 3.60. The van der Waals surface area contributed by atoms with E-state index in [1.807, 2.05) is 37.3 Å². The monoisotopic (exact) mass is 680 g/mol. The minimum Gasteiger partial charge on any atom is -0.508 e. The number of aromatic hydroxyl groups is 4. The maximum atomic E-state index is 10.9. The number of epoxide rings is 1. The summed E-state index contributed by atoms with van der Waals surface area (Å²) in [6.07, 6.45) is -0.387. The van der Waals surface area contributed by atoms with Crippen LogP contribution < -0.4 is 14.2 Å². The Morgan fingerprint density at radius 3 is 1.80 bits per heavy atom. The molecule has 3 heterocycles. The van der Waals surface area contributed by atoms with E-state index in [0.717, 1.165) is 33.4 Å². The molecular formula is C40H40O10. The fraction of sp³-hybridized carbons (Fsp3) is 0.350. The second-order valence-electron chi connectivity index (χ2n) is 13.9. The lowest BCUT2D eigenvalue weighted by molar-refractivity contribution is -0.0749. The Balaban J connectivity index is 1.27. The highest BCUT2D eigenvalue weighted by atomic mass is 16.7. The number of aryl methyl sites for hydroxylation is 1. The molecule has 4 aromatic carbocycles. The Labute approximate surface area is 290 Å². The molecule has 260 valence electrons. The third kappa shape index (κ3) is 4.44. The lowest BCUT2D eigenvalue weighted by atomic mass is 9.57. The van der Waals surface area contributed by atoms with Crippen molar-refractivity contribution < 1.29 is 48.8 Å². The normalized spacial score (nSPS) is 30.9. The van der Waals surface area contributed by atoms with Crippen LogP contribution >= 0.6 is 0 Å². The van der Waals surface area contributed by atoms with Gasteiger partial charge in [0, 0.05) is 5.41 Å². The third-order valence-electron chi connectivity index (χ3n) is 11.5. The van der Waals surface area contributed by atoms with E-state index in [1.54, 1.807) is 42.5 Å². The zero-order valence-corrected chi connectivity index (χ0v) is 28.3. The molecule has 10 heteroatoms. The van der Waals surface area contributed by atoms with Crippen molar-refractivity contribution >= 4 is 0 Å². The van der Waals surface area contributed by atoms with E-state index in [0.29, 0.717) is 36.5 Å². The van der Waals surface area contributed by atoms with Gasteiger partial charge in [0.25, 0.3) is 0 Å². The first-order valence-corrected chi connectivity index (χ1v) is 16.6. The van der Waals surface area contributed by atoms with Crippen LogP contribution in [0.15, 0.2) is 84.9 Å². The molecule has 1 saturated carbocycles. The molecule has 4 fully saturated rings. The molecule has 7 atom stereocenters. The number of phenolic OH excluding ortho intramolecular Hbond substituents is 4. The molecule has 0 bridgehead atoms. The van der Waals surface area contributed by atoms with Gasteiger partial charge in [-0.15, -0.1) is 0 Å². The molecule has 4 aromatic rings.